The van der Waals surface area contributed by atoms with E-state index < -0.39 is 0 Å². The molecule has 4 saturated carbocycles. The minimum Gasteiger partial charge on any atom is -0.0837 e. The molecule has 4 bridgehead atoms. The molecule has 0 amide bonds. The lowest BCUT2D eigenvalue weighted by molar-refractivity contribution is -0.0399. The van der Waals surface area contributed by atoms with Gasteiger partial charge in [0.25, 0.3) is 0 Å². The summed E-state index contributed by atoms with van der Waals surface area (Å²) < 4.78 is 0. The van der Waals surface area contributed by atoms with E-state index in [1.165, 1.54) is 48.8 Å². The molecular weight excluding hydrogens is 372 g/mol. The summed E-state index contributed by atoms with van der Waals surface area (Å²) in [6.45, 7) is 0. The van der Waals surface area contributed by atoms with Gasteiger partial charge in [-0.3, -0.25) is 0 Å². The lowest BCUT2D eigenvalue weighted by Crippen LogP contribution is -2.55. The van der Waals surface area contributed by atoms with Crippen LogP contribution in [0.4, 0.5) is 0 Å². The molecule has 3 aromatic carbocycles. The molecule has 3 aromatic rings. The quantitative estimate of drug-likeness (QED) is 0.394. The number of hydrogen-bond acceptors (Lipinski definition) is 0. The standard InChI is InChI=1S/C28H25Cl/c29-27-8-4-2-5-22(27)19-9-10-26-24(16-19)23-6-1-3-7-25(23)28(26)20-12-17-11-18(14-20)15-21(28)13-17/h1-10,16-18,20-21H,11-15H2. The van der Waals surface area contributed by atoms with E-state index in [1.54, 1.807) is 11.1 Å². The van der Waals surface area contributed by atoms with Crippen molar-refractivity contribution < 1.29 is 0 Å². The average molecular weight is 397 g/mol. The molecule has 0 radical (unpaired) electrons. The first-order chi connectivity index (χ1) is 14.2. The first-order valence-electron chi connectivity index (χ1n) is 11.2. The number of hydrogen-bond donors (Lipinski definition) is 0. The van der Waals surface area contributed by atoms with Crippen LogP contribution in [-0.2, 0) is 5.41 Å². The number of rotatable bonds is 1. The van der Waals surface area contributed by atoms with Crippen molar-refractivity contribution in [3.05, 3.63) is 82.9 Å². The highest BCUT2D eigenvalue weighted by molar-refractivity contribution is 6.33. The molecule has 144 valence electrons. The Bertz CT molecular complexity index is 1110. The number of halogens is 1. The van der Waals surface area contributed by atoms with Gasteiger partial charge in [0.1, 0.15) is 0 Å². The van der Waals surface area contributed by atoms with E-state index in [0.717, 1.165) is 34.3 Å². The molecule has 1 heteroatoms. The van der Waals surface area contributed by atoms with Crippen LogP contribution in [0.15, 0.2) is 66.7 Å². The van der Waals surface area contributed by atoms with Crippen molar-refractivity contribution in [2.45, 2.75) is 37.5 Å². The van der Waals surface area contributed by atoms with E-state index in [0.29, 0.717) is 0 Å². The fraction of sp³-hybridized carbons (Fsp3) is 0.357. The maximum atomic E-state index is 6.55. The molecular formula is C28H25Cl. The van der Waals surface area contributed by atoms with Crippen molar-refractivity contribution in [3.63, 3.8) is 0 Å². The maximum Gasteiger partial charge on any atom is 0.0484 e. The second-order valence-electron chi connectivity index (χ2n) is 9.96. The smallest absolute Gasteiger partial charge is 0.0484 e. The molecule has 0 heterocycles. The number of fused-ring (bicyclic) bond motifs is 3. The van der Waals surface area contributed by atoms with Crippen molar-refractivity contribution in [2.75, 3.05) is 0 Å². The second-order valence-corrected chi connectivity index (χ2v) is 10.4. The van der Waals surface area contributed by atoms with E-state index in [2.05, 4.69) is 54.6 Å². The van der Waals surface area contributed by atoms with Crippen molar-refractivity contribution in [3.8, 4) is 22.3 Å². The van der Waals surface area contributed by atoms with E-state index >= 15 is 0 Å². The molecule has 5 aliphatic carbocycles. The number of benzene rings is 3. The van der Waals surface area contributed by atoms with E-state index in [-0.39, 0.29) is 5.41 Å². The molecule has 5 aliphatic rings. The zero-order valence-electron chi connectivity index (χ0n) is 16.6. The summed E-state index contributed by atoms with van der Waals surface area (Å²) in [6, 6.07) is 24.8. The first kappa shape index (κ1) is 16.7. The Labute approximate surface area is 177 Å². The lowest BCUT2D eigenvalue weighted by atomic mass is 9.43. The highest BCUT2D eigenvalue weighted by Crippen LogP contribution is 2.69. The van der Waals surface area contributed by atoms with Crippen LogP contribution >= 0.6 is 11.6 Å². The van der Waals surface area contributed by atoms with Crippen molar-refractivity contribution in [2.24, 2.45) is 23.7 Å². The Kier molecular flexibility index (Phi) is 3.32. The van der Waals surface area contributed by atoms with Crippen LogP contribution in [-0.4, -0.2) is 0 Å². The Morgan fingerprint density at radius 2 is 1.24 bits per heavy atom. The Morgan fingerprint density at radius 3 is 1.97 bits per heavy atom. The molecule has 8 rings (SSSR count). The summed E-state index contributed by atoms with van der Waals surface area (Å²) in [4.78, 5) is 0. The van der Waals surface area contributed by atoms with Crippen LogP contribution in [0.5, 0.6) is 0 Å². The monoisotopic (exact) mass is 396 g/mol. The van der Waals surface area contributed by atoms with Crippen molar-refractivity contribution in [1.82, 2.24) is 0 Å². The van der Waals surface area contributed by atoms with Crippen LogP contribution in [0.2, 0.25) is 5.02 Å². The van der Waals surface area contributed by atoms with Crippen LogP contribution in [0.1, 0.15) is 43.2 Å². The first-order valence-corrected chi connectivity index (χ1v) is 11.6. The SMILES string of the molecule is Clc1ccccc1-c1ccc2c(c1)-c1ccccc1C21C2CC3CC(C2)CC1C3. The Balaban J connectivity index is 1.48. The largest absolute Gasteiger partial charge is 0.0837 e. The highest BCUT2D eigenvalue weighted by Gasteiger charge is 2.61. The minimum absolute atomic E-state index is 0.262. The highest BCUT2D eigenvalue weighted by atomic mass is 35.5. The van der Waals surface area contributed by atoms with Crippen molar-refractivity contribution >= 4 is 11.6 Å². The van der Waals surface area contributed by atoms with Gasteiger partial charge in [-0.25, -0.2) is 0 Å². The molecule has 0 aliphatic heterocycles. The van der Waals surface area contributed by atoms with Crippen LogP contribution in [0.3, 0.4) is 0 Å². The lowest BCUT2D eigenvalue weighted by Gasteiger charge is -2.61. The van der Waals surface area contributed by atoms with Crippen LogP contribution in [0.25, 0.3) is 22.3 Å². The molecule has 0 nitrogen and oxygen atoms in total. The Morgan fingerprint density at radius 1 is 0.621 bits per heavy atom. The molecule has 0 N–H and O–H groups in total. The average Bonchev–Trinajstić information content (AvgIpc) is 3.03. The summed E-state index contributed by atoms with van der Waals surface area (Å²) in [5, 5.41) is 0.836. The van der Waals surface area contributed by atoms with Gasteiger partial charge in [0, 0.05) is 16.0 Å². The van der Waals surface area contributed by atoms with Crippen LogP contribution in [0, 0.1) is 23.7 Å². The minimum atomic E-state index is 0.262. The van der Waals surface area contributed by atoms with Gasteiger partial charge in [-0.2, -0.15) is 0 Å². The van der Waals surface area contributed by atoms with Gasteiger partial charge in [0.05, 0.1) is 0 Å². The zero-order chi connectivity index (χ0) is 19.2. The maximum absolute atomic E-state index is 6.55. The van der Waals surface area contributed by atoms with Gasteiger partial charge in [-0.15, -0.1) is 0 Å². The van der Waals surface area contributed by atoms with E-state index in [4.69, 9.17) is 11.6 Å². The predicted octanol–water partition coefficient (Wildman–Crippen LogP) is 7.73. The second kappa shape index (κ2) is 5.76. The molecule has 4 fully saturated rings. The molecule has 29 heavy (non-hydrogen) atoms. The molecule has 0 saturated heterocycles. The summed E-state index contributed by atoms with van der Waals surface area (Å²) in [5.41, 5.74) is 8.82. The van der Waals surface area contributed by atoms with Gasteiger partial charge in [0.2, 0.25) is 0 Å². The van der Waals surface area contributed by atoms with Crippen molar-refractivity contribution in [1.29, 1.82) is 0 Å². The molecule has 1 spiro atoms. The third kappa shape index (κ3) is 2.06. The van der Waals surface area contributed by atoms with Gasteiger partial charge < -0.3 is 0 Å². The summed E-state index contributed by atoms with van der Waals surface area (Å²) in [6.07, 6.45) is 7.25. The Hall–Kier alpha value is -2.05. The predicted molar refractivity (Wildman–Crippen MR) is 120 cm³/mol. The normalized spacial score (nSPS) is 33.1. The van der Waals surface area contributed by atoms with E-state index in [9.17, 15) is 0 Å². The third-order valence-electron chi connectivity index (χ3n) is 8.74. The fourth-order valence-corrected chi connectivity index (χ4v) is 8.27. The zero-order valence-corrected chi connectivity index (χ0v) is 17.3. The summed E-state index contributed by atoms with van der Waals surface area (Å²) in [5.74, 6) is 3.63. The third-order valence-corrected chi connectivity index (χ3v) is 9.07. The van der Waals surface area contributed by atoms with Crippen LogP contribution < -0.4 is 0 Å². The fourth-order valence-electron chi connectivity index (χ4n) is 8.02. The molecule has 0 atom stereocenters. The van der Waals surface area contributed by atoms with E-state index in [1.807, 2.05) is 12.1 Å². The van der Waals surface area contributed by atoms with Gasteiger partial charge in [-0.05, 0) is 95.7 Å². The summed E-state index contributed by atoms with van der Waals surface area (Å²) in [7, 11) is 0. The topological polar surface area (TPSA) is 0 Å². The molecule has 0 unspecified atom stereocenters. The van der Waals surface area contributed by atoms with Gasteiger partial charge in [-0.1, -0.05) is 66.2 Å². The van der Waals surface area contributed by atoms with Gasteiger partial charge >= 0.3 is 0 Å². The molecule has 0 aromatic heterocycles. The van der Waals surface area contributed by atoms with Gasteiger partial charge in [0.15, 0.2) is 0 Å². The summed E-state index contributed by atoms with van der Waals surface area (Å²) >= 11 is 6.55.